The Labute approximate surface area is 292 Å². The number of halogens is 2. The van der Waals surface area contributed by atoms with Crippen LogP contribution in [0.2, 0.25) is 0 Å². The molecule has 51 heavy (non-hydrogen) atoms. The number of aliphatic hydroxyl groups is 1. The Balaban J connectivity index is 1.25. The van der Waals surface area contributed by atoms with Crippen molar-refractivity contribution in [2.45, 2.75) is 57.2 Å². The Hall–Kier alpha value is -4.66. The molecule has 3 fully saturated rings. The smallest absolute Gasteiger partial charge is 0.319 e. The molecule has 2 N–H and O–H groups in total. The number of hydrogen-bond donors (Lipinski definition) is 2. The lowest BCUT2D eigenvalue weighted by Crippen LogP contribution is -2.51. The quantitative estimate of drug-likeness (QED) is 0.207. The fourth-order valence-corrected chi connectivity index (χ4v) is 8.41. The number of fused-ring (bicyclic) bond motifs is 3. The molecular weight excluding hydrogens is 662 g/mol. The topological polar surface area (TPSA) is 139 Å². The fraction of sp³-hybridized carbons (Fsp3) is 0.459. The standard InChI is InChI=1S/C37H40F2N6O6/c1-36(47)19-45(12-13-49-20-36)33-29-32(30(39)31(41-34(29)48-2)25-15-24(46)14-23-6-3-7-26(38)28(23)25)42-35(43-33)50-21-37-9-4-8-27(37)44(11-5-10-37)17-22-16-40-51-18-22/h3,6-7,14-16,18,27,46-47H,4-5,8-13,17,19-21H2,1-2H3. The van der Waals surface area contributed by atoms with Crippen molar-refractivity contribution in [2.75, 3.05) is 51.5 Å². The van der Waals surface area contributed by atoms with Crippen LogP contribution in [0.3, 0.4) is 0 Å². The van der Waals surface area contributed by atoms with E-state index in [0.29, 0.717) is 18.5 Å². The number of aromatic hydroxyl groups is 1. The Kier molecular flexibility index (Phi) is 8.63. The zero-order valence-corrected chi connectivity index (χ0v) is 28.6. The summed E-state index contributed by atoms with van der Waals surface area (Å²) in [5, 5.41) is 26.2. The van der Waals surface area contributed by atoms with Gasteiger partial charge in [0.1, 0.15) is 45.8 Å². The van der Waals surface area contributed by atoms with E-state index in [4.69, 9.17) is 23.7 Å². The van der Waals surface area contributed by atoms with Crippen molar-refractivity contribution in [3.8, 4) is 28.9 Å². The number of rotatable bonds is 8. The van der Waals surface area contributed by atoms with Gasteiger partial charge < -0.3 is 33.8 Å². The van der Waals surface area contributed by atoms with E-state index in [1.54, 1.807) is 30.4 Å². The lowest BCUT2D eigenvalue weighted by Gasteiger charge is -2.46. The normalized spacial score (nSPS) is 24.2. The van der Waals surface area contributed by atoms with Crippen LogP contribution in [-0.4, -0.2) is 93.4 Å². The molecule has 2 saturated heterocycles. The minimum Gasteiger partial charge on any atom is -0.508 e. The molecule has 14 heteroatoms. The molecule has 3 atom stereocenters. The molecule has 3 unspecified atom stereocenters. The van der Waals surface area contributed by atoms with Crippen LogP contribution in [0.1, 0.15) is 44.6 Å². The number of phenolic OH excluding ortho intramolecular Hbond substituents is 1. The summed E-state index contributed by atoms with van der Waals surface area (Å²) in [5.74, 6) is -1.38. The molecular formula is C37H40F2N6O6. The summed E-state index contributed by atoms with van der Waals surface area (Å²) in [5.41, 5.74) is -0.737. The highest BCUT2D eigenvalue weighted by atomic mass is 19.1. The first kappa shape index (κ1) is 33.5. The summed E-state index contributed by atoms with van der Waals surface area (Å²) in [6.45, 7) is 4.52. The molecule has 3 aromatic heterocycles. The predicted octanol–water partition coefficient (Wildman–Crippen LogP) is 5.63. The molecule has 1 aliphatic carbocycles. The lowest BCUT2D eigenvalue weighted by molar-refractivity contribution is -0.0123. The van der Waals surface area contributed by atoms with Crippen molar-refractivity contribution in [3.05, 3.63) is 60.0 Å². The Morgan fingerprint density at radius 3 is 2.76 bits per heavy atom. The van der Waals surface area contributed by atoms with E-state index < -0.39 is 17.2 Å². The van der Waals surface area contributed by atoms with Gasteiger partial charge in [0.2, 0.25) is 5.88 Å². The van der Waals surface area contributed by atoms with Gasteiger partial charge in [0.25, 0.3) is 0 Å². The van der Waals surface area contributed by atoms with Crippen LogP contribution in [0.25, 0.3) is 32.9 Å². The van der Waals surface area contributed by atoms with E-state index in [9.17, 15) is 10.2 Å². The summed E-state index contributed by atoms with van der Waals surface area (Å²) in [6.07, 6.45) is 8.43. The van der Waals surface area contributed by atoms with E-state index >= 15 is 8.78 Å². The van der Waals surface area contributed by atoms with Crippen molar-refractivity contribution >= 4 is 27.5 Å². The van der Waals surface area contributed by atoms with Gasteiger partial charge in [0, 0.05) is 41.1 Å². The second-order valence-corrected chi connectivity index (χ2v) is 14.3. The number of likely N-dealkylation sites (tertiary alicyclic amines) is 1. The maximum Gasteiger partial charge on any atom is 0.319 e. The average molecular weight is 703 g/mol. The summed E-state index contributed by atoms with van der Waals surface area (Å²) in [6, 6.07) is 7.33. The van der Waals surface area contributed by atoms with E-state index in [1.807, 2.05) is 0 Å². The van der Waals surface area contributed by atoms with E-state index in [2.05, 4.69) is 20.0 Å². The number of β-amino-alcohol motifs (C(OH)–C–C–N with tert-alkyl or cyclic N) is 1. The molecule has 3 aliphatic rings. The summed E-state index contributed by atoms with van der Waals surface area (Å²) < 4.78 is 55.4. The van der Waals surface area contributed by atoms with Crippen LogP contribution in [0, 0.1) is 17.0 Å². The number of nitrogens with zero attached hydrogens (tertiary/aromatic N) is 6. The van der Waals surface area contributed by atoms with Crippen LogP contribution in [0.4, 0.5) is 14.6 Å². The predicted molar refractivity (Wildman–Crippen MR) is 184 cm³/mol. The molecule has 2 aliphatic heterocycles. The molecule has 268 valence electrons. The van der Waals surface area contributed by atoms with E-state index in [0.717, 1.165) is 50.8 Å². The maximum atomic E-state index is 17.1. The summed E-state index contributed by atoms with van der Waals surface area (Å²) in [4.78, 5) is 18.3. The summed E-state index contributed by atoms with van der Waals surface area (Å²) in [7, 11) is 1.40. The number of hydrogen-bond acceptors (Lipinski definition) is 12. The van der Waals surface area contributed by atoms with Gasteiger partial charge in [0.05, 0.1) is 39.7 Å². The first-order chi connectivity index (χ1) is 24.6. The van der Waals surface area contributed by atoms with Gasteiger partial charge in [-0.1, -0.05) is 23.7 Å². The third-order valence-electron chi connectivity index (χ3n) is 10.6. The summed E-state index contributed by atoms with van der Waals surface area (Å²) >= 11 is 0. The van der Waals surface area contributed by atoms with Crippen molar-refractivity contribution in [1.29, 1.82) is 0 Å². The van der Waals surface area contributed by atoms with Gasteiger partial charge in [-0.15, -0.1) is 0 Å². The highest BCUT2D eigenvalue weighted by Crippen LogP contribution is 2.49. The van der Waals surface area contributed by atoms with Gasteiger partial charge >= 0.3 is 6.01 Å². The molecule has 5 heterocycles. The first-order valence-corrected chi connectivity index (χ1v) is 17.3. The maximum absolute atomic E-state index is 17.1. The lowest BCUT2D eigenvalue weighted by atomic mass is 9.75. The molecule has 5 aromatic rings. The SMILES string of the molecule is COc1nc(-c2cc(O)cc3cccc(F)c23)c(F)c2nc(OCC34CCCC3N(Cc3cnoc3)CCC4)nc(N3CCOCC(C)(O)C3)c12. The molecule has 2 aromatic carbocycles. The Morgan fingerprint density at radius 1 is 1.08 bits per heavy atom. The van der Waals surface area contributed by atoms with E-state index in [-0.39, 0.29) is 82.2 Å². The third kappa shape index (κ3) is 6.19. The van der Waals surface area contributed by atoms with Crippen LogP contribution >= 0.6 is 0 Å². The Bertz CT molecular complexity index is 2080. The monoisotopic (exact) mass is 702 g/mol. The zero-order valence-electron chi connectivity index (χ0n) is 28.6. The number of benzene rings is 2. The number of piperidine rings is 1. The first-order valence-electron chi connectivity index (χ1n) is 17.3. The molecule has 1 saturated carbocycles. The number of pyridine rings is 1. The number of phenols is 1. The van der Waals surface area contributed by atoms with Crippen molar-refractivity contribution < 1.29 is 37.7 Å². The van der Waals surface area contributed by atoms with Gasteiger partial charge in [-0.05, 0) is 62.7 Å². The van der Waals surface area contributed by atoms with Gasteiger partial charge in [-0.3, -0.25) is 4.90 Å². The third-order valence-corrected chi connectivity index (χ3v) is 10.6. The molecule has 12 nitrogen and oxygen atoms in total. The van der Waals surface area contributed by atoms with Crippen LogP contribution < -0.4 is 14.4 Å². The van der Waals surface area contributed by atoms with Crippen LogP contribution in [0.5, 0.6) is 17.6 Å². The van der Waals surface area contributed by atoms with Crippen LogP contribution in [-0.2, 0) is 11.3 Å². The number of methoxy groups -OCH3 is 1. The zero-order chi connectivity index (χ0) is 35.3. The molecule has 8 rings (SSSR count). The van der Waals surface area contributed by atoms with Crippen molar-refractivity contribution in [2.24, 2.45) is 5.41 Å². The van der Waals surface area contributed by atoms with Gasteiger partial charge in [0.15, 0.2) is 5.82 Å². The molecule has 0 radical (unpaired) electrons. The molecule has 0 spiro atoms. The van der Waals surface area contributed by atoms with Crippen molar-refractivity contribution in [1.82, 2.24) is 25.0 Å². The van der Waals surface area contributed by atoms with Crippen LogP contribution in [0.15, 0.2) is 47.3 Å². The molecule has 0 bridgehead atoms. The highest BCUT2D eigenvalue weighted by molar-refractivity contribution is 6.02. The minimum atomic E-state index is -1.24. The van der Waals surface area contributed by atoms with Crippen molar-refractivity contribution in [3.63, 3.8) is 0 Å². The van der Waals surface area contributed by atoms with Gasteiger partial charge in [-0.25, -0.2) is 13.8 Å². The molecule has 0 amide bonds. The van der Waals surface area contributed by atoms with Gasteiger partial charge in [-0.2, -0.15) is 9.97 Å². The number of anilines is 1. The minimum absolute atomic E-state index is 0.00769. The average Bonchev–Trinajstić information content (AvgIpc) is 3.75. The number of ether oxygens (including phenoxy) is 3. The number of aromatic nitrogens is 4. The Morgan fingerprint density at radius 2 is 1.94 bits per heavy atom. The van der Waals surface area contributed by atoms with E-state index in [1.165, 1.54) is 31.4 Å². The second kappa shape index (κ2) is 13.1. The largest absolute Gasteiger partial charge is 0.508 e. The second-order valence-electron chi connectivity index (χ2n) is 14.3. The fourth-order valence-electron chi connectivity index (χ4n) is 8.41. The highest BCUT2D eigenvalue weighted by Gasteiger charge is 2.48.